The van der Waals surface area contributed by atoms with E-state index in [4.69, 9.17) is 21.6 Å². The van der Waals surface area contributed by atoms with E-state index in [1.54, 1.807) is 0 Å². The van der Waals surface area contributed by atoms with Crippen molar-refractivity contribution < 1.29 is 32.9 Å². The number of methoxy groups -OCH3 is 1. The number of rotatable bonds is 2. The number of benzene rings is 2. The Balaban J connectivity index is 0.000000361. The van der Waals surface area contributed by atoms with Gasteiger partial charge in [-0.05, 0) is 75.2 Å². The monoisotopic (exact) mass is 611 g/mol. The number of hydrogen-bond acceptors (Lipinski definition) is 8. The molecule has 4 heterocycles. The zero-order valence-corrected chi connectivity index (χ0v) is 24.5. The fraction of sp³-hybridized carbons (Fsp3) is 0.438. The van der Waals surface area contributed by atoms with Crippen molar-refractivity contribution in [2.45, 2.75) is 57.2 Å². The minimum Gasteiger partial charge on any atom is -0.508 e. The molecule has 44 heavy (non-hydrogen) atoms. The van der Waals surface area contributed by atoms with Gasteiger partial charge in [0.2, 0.25) is 5.88 Å². The van der Waals surface area contributed by atoms with Crippen LogP contribution in [0.15, 0.2) is 23.2 Å². The van der Waals surface area contributed by atoms with Crippen LogP contribution in [0.5, 0.6) is 17.4 Å². The van der Waals surface area contributed by atoms with Crippen molar-refractivity contribution in [2.24, 2.45) is 10.7 Å². The molecule has 1 aromatic heterocycles. The van der Waals surface area contributed by atoms with Gasteiger partial charge < -0.3 is 25.4 Å². The minimum absolute atomic E-state index is 0.00626. The number of pyridine rings is 1. The molecule has 0 radical (unpaired) electrons. The Hall–Kier alpha value is -4.21. The Morgan fingerprint density at radius 1 is 1.20 bits per heavy atom. The fourth-order valence-corrected chi connectivity index (χ4v) is 6.12. The van der Waals surface area contributed by atoms with Crippen LogP contribution in [0.2, 0.25) is 0 Å². The maximum absolute atomic E-state index is 16.1. The molecule has 12 heteroatoms. The first-order chi connectivity index (χ1) is 21.2. The molecule has 9 nitrogen and oxygen atoms in total. The number of phenols is 2. The number of aromatic nitrogens is 1. The molecule has 2 fully saturated rings. The van der Waals surface area contributed by atoms with Gasteiger partial charge in [0.25, 0.3) is 6.02 Å². The summed E-state index contributed by atoms with van der Waals surface area (Å²) in [5.41, 5.74) is 5.43. The number of nitrogens with zero attached hydrogens (tertiary/aromatic N) is 3. The third kappa shape index (κ3) is 6.49. The summed E-state index contributed by atoms with van der Waals surface area (Å²) in [6, 6.07) is 3.92. The summed E-state index contributed by atoms with van der Waals surface area (Å²) >= 11 is 0. The predicted molar refractivity (Wildman–Crippen MR) is 162 cm³/mol. The van der Waals surface area contributed by atoms with Crippen molar-refractivity contribution in [3.05, 3.63) is 41.0 Å². The molecule has 3 aliphatic heterocycles. The molecule has 2 saturated heterocycles. The van der Waals surface area contributed by atoms with Gasteiger partial charge in [-0.25, -0.2) is 18.2 Å². The summed E-state index contributed by atoms with van der Waals surface area (Å²) in [5.74, 6) is -0.582. The second kappa shape index (κ2) is 13.6. The number of halogens is 3. The quantitative estimate of drug-likeness (QED) is 0.181. The number of nitrogens with one attached hydrogen (secondary N) is 1. The summed E-state index contributed by atoms with van der Waals surface area (Å²) in [7, 11) is 1.30. The van der Waals surface area contributed by atoms with Crippen LogP contribution in [0.3, 0.4) is 0 Å². The molecule has 0 bridgehead atoms. The predicted octanol–water partition coefficient (Wildman–Crippen LogP) is 5.01. The maximum Gasteiger partial charge on any atom is 0.287 e. The molecule has 0 amide bonds. The summed E-state index contributed by atoms with van der Waals surface area (Å²) < 4.78 is 54.2. The molecule has 0 spiro atoms. The number of phenolic OH excluding ortho intramolecular Hbond substituents is 2. The summed E-state index contributed by atoms with van der Waals surface area (Å²) in [5, 5.41) is 23.7. The molecule has 2 atom stereocenters. The molecule has 234 valence electrons. The van der Waals surface area contributed by atoms with E-state index >= 15 is 4.39 Å². The van der Waals surface area contributed by atoms with E-state index in [0.29, 0.717) is 24.6 Å². The molecule has 3 aromatic rings. The highest BCUT2D eigenvalue weighted by Gasteiger charge is 2.34. The topological polar surface area (TPSA) is 125 Å². The smallest absolute Gasteiger partial charge is 0.287 e. The molecule has 0 aliphatic carbocycles. The molecule has 2 aromatic carbocycles. The van der Waals surface area contributed by atoms with Crippen molar-refractivity contribution in [2.75, 3.05) is 33.5 Å². The van der Waals surface area contributed by atoms with Crippen molar-refractivity contribution in [1.29, 1.82) is 0 Å². The van der Waals surface area contributed by atoms with Gasteiger partial charge in [-0.1, -0.05) is 12.3 Å². The van der Waals surface area contributed by atoms with Gasteiger partial charge in [-0.15, -0.1) is 6.42 Å². The highest BCUT2D eigenvalue weighted by Crippen LogP contribution is 2.43. The number of alkyl halides is 1. The van der Waals surface area contributed by atoms with E-state index in [9.17, 15) is 19.0 Å². The van der Waals surface area contributed by atoms with Crippen molar-refractivity contribution in [3.8, 4) is 41.0 Å². The SMILES string of the molecule is C#Cc1c(F)c(O)cc2cc(O)cc(-c3nc4c(c(N=C(N)OC)c3F)CCCCCNCO4)c12.FC1CC2CCCN2C1. The Bertz CT molecular complexity index is 1600. The lowest BCUT2D eigenvalue weighted by molar-refractivity contribution is 0.266. The number of aliphatic imine (C=N–C) groups is 1. The van der Waals surface area contributed by atoms with Crippen LogP contribution >= 0.6 is 0 Å². The van der Waals surface area contributed by atoms with Gasteiger partial charge in [0.15, 0.2) is 17.4 Å². The molecule has 0 saturated carbocycles. The van der Waals surface area contributed by atoms with Crippen molar-refractivity contribution in [1.82, 2.24) is 15.2 Å². The average Bonchev–Trinajstić information content (AvgIpc) is 3.58. The van der Waals surface area contributed by atoms with Gasteiger partial charge >= 0.3 is 0 Å². The number of fused-ring (bicyclic) bond motifs is 3. The average molecular weight is 612 g/mol. The lowest BCUT2D eigenvalue weighted by Crippen LogP contribution is -2.23. The summed E-state index contributed by atoms with van der Waals surface area (Å²) in [4.78, 5) is 10.8. The highest BCUT2D eigenvalue weighted by molar-refractivity contribution is 6.02. The molecule has 2 unspecified atom stereocenters. The minimum atomic E-state index is -1.05. The molecule has 6 rings (SSSR count). The molecular weight excluding hydrogens is 575 g/mol. The van der Waals surface area contributed by atoms with E-state index in [2.05, 4.69) is 26.1 Å². The van der Waals surface area contributed by atoms with Crippen LogP contribution in [-0.4, -0.2) is 71.8 Å². The largest absolute Gasteiger partial charge is 0.508 e. The van der Waals surface area contributed by atoms with Crippen LogP contribution in [-0.2, 0) is 11.2 Å². The van der Waals surface area contributed by atoms with Crippen LogP contribution in [0.4, 0.5) is 18.9 Å². The van der Waals surface area contributed by atoms with Crippen molar-refractivity contribution >= 4 is 22.5 Å². The Kier molecular flexibility index (Phi) is 9.66. The van der Waals surface area contributed by atoms with Gasteiger partial charge in [-0.2, -0.15) is 4.99 Å². The first-order valence-corrected chi connectivity index (χ1v) is 14.7. The number of amidine groups is 1. The second-order valence-corrected chi connectivity index (χ2v) is 11.1. The number of nitrogens with two attached hydrogens (primary N) is 1. The molecular formula is C32H36F3N5O4. The highest BCUT2D eigenvalue weighted by atomic mass is 19.1. The van der Waals surface area contributed by atoms with Crippen LogP contribution in [0, 0.1) is 24.0 Å². The van der Waals surface area contributed by atoms with Gasteiger partial charge in [-0.3, -0.25) is 10.2 Å². The van der Waals surface area contributed by atoms with E-state index in [1.807, 2.05) is 0 Å². The first-order valence-electron chi connectivity index (χ1n) is 14.7. The third-order valence-corrected chi connectivity index (χ3v) is 8.19. The number of hydrogen-bond donors (Lipinski definition) is 4. The number of aromatic hydroxyl groups is 2. The van der Waals surface area contributed by atoms with Crippen LogP contribution in [0.1, 0.15) is 49.7 Å². The fourth-order valence-electron chi connectivity index (χ4n) is 6.12. The van der Waals surface area contributed by atoms with Gasteiger partial charge in [0.05, 0.1) is 12.7 Å². The van der Waals surface area contributed by atoms with Crippen LogP contribution in [0.25, 0.3) is 22.0 Å². The first kappa shape index (κ1) is 31.2. The molecule has 5 N–H and O–H groups in total. The lowest BCUT2D eigenvalue weighted by atomic mass is 9.94. The zero-order chi connectivity index (χ0) is 31.4. The summed E-state index contributed by atoms with van der Waals surface area (Å²) in [6.45, 7) is 2.72. The Morgan fingerprint density at radius 2 is 2.02 bits per heavy atom. The number of ether oxygens (including phenoxy) is 2. The van der Waals surface area contributed by atoms with E-state index in [-0.39, 0.29) is 57.7 Å². The van der Waals surface area contributed by atoms with E-state index in [0.717, 1.165) is 44.8 Å². The normalized spacial score (nSPS) is 20.6. The van der Waals surface area contributed by atoms with E-state index in [1.165, 1.54) is 32.1 Å². The van der Waals surface area contributed by atoms with Gasteiger partial charge in [0.1, 0.15) is 30.0 Å². The second-order valence-electron chi connectivity index (χ2n) is 11.1. The zero-order valence-electron chi connectivity index (χ0n) is 24.5. The molecule has 3 aliphatic rings. The standard InChI is InChI=1S/C25H24F2N4O4.C7H12FN/c1-3-15-19-13(10-18(33)20(15)26)9-14(32)11-17(19)23-21(27)22(31-25(28)34-2)16-7-5-4-6-8-29-12-35-24(16)30-23;8-6-4-7-2-1-3-9(7)5-6/h1,9-11,29,32-33H,4-8,12H2,2H3,(H2,28,30,31);6-7H,1-5H2. The number of terminal acetylenes is 1. The van der Waals surface area contributed by atoms with Crippen molar-refractivity contribution in [3.63, 3.8) is 0 Å². The lowest BCUT2D eigenvalue weighted by Gasteiger charge is -2.19. The third-order valence-electron chi connectivity index (χ3n) is 8.19. The van der Waals surface area contributed by atoms with Crippen LogP contribution < -0.4 is 15.8 Å². The van der Waals surface area contributed by atoms with E-state index < -0.39 is 23.6 Å². The Labute approximate surface area is 253 Å². The summed E-state index contributed by atoms with van der Waals surface area (Å²) in [6.07, 6.45) is 11.3. The van der Waals surface area contributed by atoms with Gasteiger partial charge in [0, 0.05) is 29.1 Å². The maximum atomic E-state index is 16.1. The Morgan fingerprint density at radius 3 is 2.77 bits per heavy atom.